The first-order valence-corrected chi connectivity index (χ1v) is 4.61. The van der Waals surface area contributed by atoms with Crippen LogP contribution < -0.4 is 5.73 Å². The quantitative estimate of drug-likeness (QED) is 0.631. The van der Waals surface area contributed by atoms with Crippen LogP contribution >= 0.6 is 0 Å². The van der Waals surface area contributed by atoms with Gasteiger partial charge in [-0.2, -0.15) is 0 Å². The molecule has 0 aromatic rings. The zero-order chi connectivity index (χ0) is 9.56. The molecule has 2 nitrogen and oxygen atoms in total. The molecule has 2 heteroatoms. The highest BCUT2D eigenvalue weighted by molar-refractivity contribution is 5.92. The molecule has 12 heavy (non-hydrogen) atoms. The van der Waals surface area contributed by atoms with Crippen molar-refractivity contribution in [2.24, 2.45) is 5.73 Å². The molecule has 2 N–H and O–H groups in total. The van der Waals surface area contributed by atoms with E-state index in [1.54, 1.807) is 0 Å². The fraction of sp³-hybridized carbons (Fsp3) is 0.700. The number of amides is 1. The van der Waals surface area contributed by atoms with Crippen molar-refractivity contribution in [3.8, 4) is 0 Å². The standard InChI is InChI=1S/C10H19NO/c1-4-6-8(3)9(7-5-2)10(11)12/h4-7H2,1-3H3,(H2,11,12)/b9-8-. The first-order chi connectivity index (χ1) is 5.63. The third-order valence-corrected chi connectivity index (χ3v) is 1.94. The lowest BCUT2D eigenvalue weighted by Crippen LogP contribution is -2.15. The topological polar surface area (TPSA) is 43.1 Å². The highest BCUT2D eigenvalue weighted by atomic mass is 16.1. The molecule has 0 atom stereocenters. The number of primary amides is 1. The molecule has 0 heterocycles. The van der Waals surface area contributed by atoms with E-state index < -0.39 is 0 Å². The van der Waals surface area contributed by atoms with Crippen molar-refractivity contribution in [1.82, 2.24) is 0 Å². The van der Waals surface area contributed by atoms with Crippen LogP contribution in [-0.4, -0.2) is 5.91 Å². The van der Waals surface area contributed by atoms with Crippen LogP contribution in [0.25, 0.3) is 0 Å². The Morgan fingerprint density at radius 3 is 2.00 bits per heavy atom. The fourth-order valence-corrected chi connectivity index (χ4v) is 1.32. The van der Waals surface area contributed by atoms with E-state index in [1.807, 2.05) is 6.92 Å². The van der Waals surface area contributed by atoms with E-state index in [4.69, 9.17) is 5.73 Å². The Labute approximate surface area is 74.8 Å². The maximum atomic E-state index is 11.0. The van der Waals surface area contributed by atoms with Gasteiger partial charge in [0.15, 0.2) is 0 Å². The van der Waals surface area contributed by atoms with E-state index in [1.165, 1.54) is 0 Å². The summed E-state index contributed by atoms with van der Waals surface area (Å²) in [4.78, 5) is 11.0. The van der Waals surface area contributed by atoms with Gasteiger partial charge < -0.3 is 5.73 Å². The summed E-state index contributed by atoms with van der Waals surface area (Å²) in [5.41, 5.74) is 7.25. The lowest BCUT2D eigenvalue weighted by atomic mass is 10.0. The van der Waals surface area contributed by atoms with Crippen LogP contribution in [0, 0.1) is 0 Å². The summed E-state index contributed by atoms with van der Waals surface area (Å²) < 4.78 is 0. The van der Waals surface area contributed by atoms with Crippen LogP contribution in [0.2, 0.25) is 0 Å². The summed E-state index contributed by atoms with van der Waals surface area (Å²) in [7, 11) is 0. The molecular formula is C10H19NO. The number of allylic oxidation sites excluding steroid dienone is 1. The summed E-state index contributed by atoms with van der Waals surface area (Å²) in [6, 6.07) is 0. The lowest BCUT2D eigenvalue weighted by Gasteiger charge is -2.06. The van der Waals surface area contributed by atoms with Gasteiger partial charge in [-0.05, 0) is 19.8 Å². The van der Waals surface area contributed by atoms with Crippen molar-refractivity contribution in [2.75, 3.05) is 0 Å². The number of nitrogens with two attached hydrogens (primary N) is 1. The van der Waals surface area contributed by atoms with Gasteiger partial charge in [-0.25, -0.2) is 0 Å². The molecule has 1 amide bonds. The van der Waals surface area contributed by atoms with Gasteiger partial charge in [-0.15, -0.1) is 0 Å². The minimum atomic E-state index is -0.247. The molecule has 70 valence electrons. The van der Waals surface area contributed by atoms with Crippen molar-refractivity contribution in [3.05, 3.63) is 11.1 Å². The Morgan fingerprint density at radius 2 is 1.67 bits per heavy atom. The molecule has 0 aliphatic rings. The molecule has 0 saturated carbocycles. The van der Waals surface area contributed by atoms with E-state index in [9.17, 15) is 4.79 Å². The third kappa shape index (κ3) is 3.56. The molecule has 0 aromatic heterocycles. The van der Waals surface area contributed by atoms with Gasteiger partial charge in [-0.3, -0.25) is 4.79 Å². The molecule has 0 aromatic carbocycles. The second-order valence-corrected chi connectivity index (χ2v) is 3.12. The number of hydrogen-bond donors (Lipinski definition) is 1. The van der Waals surface area contributed by atoms with Crippen LogP contribution in [0.4, 0.5) is 0 Å². The summed E-state index contributed by atoms with van der Waals surface area (Å²) >= 11 is 0. The molecule has 0 bridgehead atoms. The number of carbonyl (C=O) groups is 1. The number of rotatable bonds is 5. The van der Waals surface area contributed by atoms with E-state index in [2.05, 4.69) is 13.8 Å². The molecule has 0 aliphatic heterocycles. The van der Waals surface area contributed by atoms with Gasteiger partial charge in [0.25, 0.3) is 0 Å². The van der Waals surface area contributed by atoms with Gasteiger partial charge >= 0.3 is 0 Å². The predicted octanol–water partition coefficient (Wildman–Crippen LogP) is 2.39. The minimum absolute atomic E-state index is 0.247. The van der Waals surface area contributed by atoms with Gasteiger partial charge in [0.2, 0.25) is 5.91 Å². The van der Waals surface area contributed by atoms with Crippen LogP contribution in [0.1, 0.15) is 46.5 Å². The SMILES string of the molecule is CCC/C(C)=C(/CCC)C(N)=O. The van der Waals surface area contributed by atoms with Crippen LogP contribution in [0.3, 0.4) is 0 Å². The van der Waals surface area contributed by atoms with Crippen molar-refractivity contribution in [2.45, 2.75) is 46.5 Å². The number of carbonyl (C=O) groups excluding carboxylic acids is 1. The van der Waals surface area contributed by atoms with Gasteiger partial charge in [0, 0.05) is 5.57 Å². The van der Waals surface area contributed by atoms with E-state index in [-0.39, 0.29) is 5.91 Å². The Morgan fingerprint density at radius 1 is 1.17 bits per heavy atom. The van der Waals surface area contributed by atoms with Gasteiger partial charge in [-0.1, -0.05) is 32.3 Å². The summed E-state index contributed by atoms with van der Waals surface area (Å²) in [6.07, 6.45) is 3.87. The molecule has 0 rings (SSSR count). The molecule has 0 spiro atoms. The second kappa shape index (κ2) is 5.81. The maximum Gasteiger partial charge on any atom is 0.244 e. The highest BCUT2D eigenvalue weighted by Gasteiger charge is 2.06. The molecule has 0 radical (unpaired) electrons. The smallest absolute Gasteiger partial charge is 0.244 e. The van der Waals surface area contributed by atoms with Crippen LogP contribution in [-0.2, 0) is 4.79 Å². The zero-order valence-corrected chi connectivity index (χ0v) is 8.31. The Balaban J connectivity index is 4.43. The average molecular weight is 169 g/mol. The van der Waals surface area contributed by atoms with Crippen molar-refractivity contribution in [1.29, 1.82) is 0 Å². The molecule has 0 aliphatic carbocycles. The van der Waals surface area contributed by atoms with Crippen LogP contribution in [0.15, 0.2) is 11.1 Å². The summed E-state index contributed by atoms with van der Waals surface area (Å²) in [5, 5.41) is 0. The minimum Gasteiger partial charge on any atom is -0.366 e. The second-order valence-electron chi connectivity index (χ2n) is 3.12. The average Bonchev–Trinajstić information content (AvgIpc) is 1.99. The van der Waals surface area contributed by atoms with E-state index in [0.717, 1.165) is 36.8 Å². The van der Waals surface area contributed by atoms with Crippen LogP contribution in [0.5, 0.6) is 0 Å². The van der Waals surface area contributed by atoms with E-state index in [0.29, 0.717) is 0 Å². The maximum absolute atomic E-state index is 11.0. The van der Waals surface area contributed by atoms with Crippen molar-refractivity contribution in [3.63, 3.8) is 0 Å². The van der Waals surface area contributed by atoms with Crippen molar-refractivity contribution < 1.29 is 4.79 Å². The normalized spacial score (nSPS) is 12.6. The molecule has 0 saturated heterocycles. The molecular weight excluding hydrogens is 150 g/mol. The highest BCUT2D eigenvalue weighted by Crippen LogP contribution is 2.14. The lowest BCUT2D eigenvalue weighted by molar-refractivity contribution is -0.114. The summed E-state index contributed by atoms with van der Waals surface area (Å²) in [6.45, 7) is 6.16. The Hall–Kier alpha value is -0.790. The molecule has 0 fully saturated rings. The first-order valence-electron chi connectivity index (χ1n) is 4.61. The largest absolute Gasteiger partial charge is 0.366 e. The fourth-order valence-electron chi connectivity index (χ4n) is 1.32. The molecule has 0 unspecified atom stereocenters. The van der Waals surface area contributed by atoms with E-state index >= 15 is 0 Å². The Kier molecular flexibility index (Phi) is 5.43. The van der Waals surface area contributed by atoms with Crippen molar-refractivity contribution >= 4 is 5.91 Å². The third-order valence-electron chi connectivity index (χ3n) is 1.94. The van der Waals surface area contributed by atoms with Gasteiger partial charge in [0.05, 0.1) is 0 Å². The number of hydrogen-bond acceptors (Lipinski definition) is 1. The first kappa shape index (κ1) is 11.2. The predicted molar refractivity (Wildman–Crippen MR) is 51.7 cm³/mol. The summed E-state index contributed by atoms with van der Waals surface area (Å²) in [5.74, 6) is -0.247. The Bertz CT molecular complexity index is 182. The van der Waals surface area contributed by atoms with Gasteiger partial charge in [0.1, 0.15) is 0 Å². The monoisotopic (exact) mass is 169 g/mol. The zero-order valence-electron chi connectivity index (χ0n) is 8.31.